The number of aromatic nitrogens is 1. The summed E-state index contributed by atoms with van der Waals surface area (Å²) in [5.41, 5.74) is 2.19. The summed E-state index contributed by atoms with van der Waals surface area (Å²) in [4.78, 5) is 32.6. The third kappa shape index (κ3) is 9.58. The van der Waals surface area contributed by atoms with E-state index < -0.39 is 30.7 Å². The second-order valence-corrected chi connectivity index (χ2v) is 14.2. The van der Waals surface area contributed by atoms with Gasteiger partial charge in [0, 0.05) is 29.8 Å². The third-order valence-corrected chi connectivity index (χ3v) is 10.4. The number of nitrogens with one attached hydrogen (secondary N) is 2. The summed E-state index contributed by atoms with van der Waals surface area (Å²) >= 11 is 13.0. The zero-order chi connectivity index (χ0) is 36.2. The van der Waals surface area contributed by atoms with Gasteiger partial charge < -0.3 is 34.2 Å². The van der Waals surface area contributed by atoms with Gasteiger partial charge in [0.25, 0.3) is 0 Å². The lowest BCUT2D eigenvalue weighted by Crippen LogP contribution is -2.52. The first kappa shape index (κ1) is 38.3. The van der Waals surface area contributed by atoms with Crippen molar-refractivity contribution >= 4 is 40.8 Å². The normalized spacial score (nSPS) is 20.2. The number of piperidine rings is 3. The van der Waals surface area contributed by atoms with E-state index in [0.29, 0.717) is 57.4 Å². The number of aromatic amines is 1. The quantitative estimate of drug-likeness (QED) is 0.120. The van der Waals surface area contributed by atoms with E-state index >= 15 is 0 Å². The number of alkyl halides is 2. The van der Waals surface area contributed by atoms with Crippen LogP contribution >= 0.6 is 23.2 Å². The van der Waals surface area contributed by atoms with Gasteiger partial charge in [0.15, 0.2) is 29.9 Å². The van der Waals surface area contributed by atoms with E-state index in [4.69, 9.17) is 46.6 Å². The number of anilines is 1. The number of benzene rings is 2. The highest BCUT2D eigenvalue weighted by atomic mass is 35.5. The smallest absolute Gasteiger partial charge is 0.387 e. The van der Waals surface area contributed by atoms with Crippen LogP contribution in [-0.4, -0.2) is 61.3 Å². The van der Waals surface area contributed by atoms with Crippen LogP contribution in [0.4, 0.5) is 14.5 Å². The lowest BCUT2D eigenvalue weighted by molar-refractivity contribution is -0.377. The molecule has 53 heavy (non-hydrogen) atoms. The summed E-state index contributed by atoms with van der Waals surface area (Å²) in [5, 5.41) is 3.86. The van der Waals surface area contributed by atoms with Gasteiger partial charge in [0.2, 0.25) is 0 Å². The van der Waals surface area contributed by atoms with Crippen molar-refractivity contribution in [2.24, 2.45) is 11.8 Å². The fraction of sp³-hybridized carbons (Fsp3) is 0.395. The second-order valence-electron chi connectivity index (χ2n) is 13.4. The van der Waals surface area contributed by atoms with E-state index in [2.05, 4.69) is 15.2 Å². The number of carbonyl (C=O) groups is 2. The number of esters is 2. The molecule has 1 aliphatic carbocycles. The van der Waals surface area contributed by atoms with Gasteiger partial charge in [-0.2, -0.15) is 8.78 Å². The molecule has 1 saturated carbocycles. The van der Waals surface area contributed by atoms with Crippen molar-refractivity contribution in [1.29, 1.82) is 0 Å². The van der Waals surface area contributed by atoms with Gasteiger partial charge in [0.1, 0.15) is 22.3 Å². The number of pyridine rings is 1. The average Bonchev–Trinajstić information content (AvgIpc) is 3.82. The fourth-order valence-corrected chi connectivity index (χ4v) is 7.22. The molecule has 15 heteroatoms. The Morgan fingerprint density at radius 1 is 0.981 bits per heavy atom. The summed E-state index contributed by atoms with van der Waals surface area (Å²) in [7, 11) is 0. The van der Waals surface area contributed by atoms with Crippen molar-refractivity contribution in [1.82, 2.24) is 4.90 Å². The van der Waals surface area contributed by atoms with Gasteiger partial charge in [-0.05, 0) is 92.6 Å². The predicted octanol–water partition coefficient (Wildman–Crippen LogP) is 7.55. The molecule has 2 aromatic heterocycles. The molecule has 11 nitrogen and oxygen atoms in total. The highest BCUT2D eigenvalue weighted by Gasteiger charge is 2.38. The zero-order valence-electron chi connectivity index (χ0n) is 28.5. The molecule has 4 fully saturated rings. The molecule has 3 saturated heterocycles. The molecule has 1 unspecified atom stereocenters. The molecule has 3 N–H and O–H groups in total. The Balaban J connectivity index is 0.00000481. The second kappa shape index (κ2) is 17.1. The highest BCUT2D eigenvalue weighted by Crippen LogP contribution is 2.38. The van der Waals surface area contributed by atoms with Crippen LogP contribution in [0.5, 0.6) is 11.5 Å². The van der Waals surface area contributed by atoms with Crippen LogP contribution in [-0.2, 0) is 20.7 Å². The maximum Gasteiger partial charge on any atom is 0.387 e. The van der Waals surface area contributed by atoms with Crippen LogP contribution in [0.3, 0.4) is 0 Å². The lowest BCUT2D eigenvalue weighted by atomic mass is 9.86. The van der Waals surface area contributed by atoms with Crippen molar-refractivity contribution in [3.8, 4) is 11.5 Å². The summed E-state index contributed by atoms with van der Waals surface area (Å²) in [6.07, 6.45) is 8.94. The van der Waals surface area contributed by atoms with Gasteiger partial charge in [0.05, 0.1) is 24.7 Å². The number of ether oxygens (including phenoxy) is 4. The van der Waals surface area contributed by atoms with Crippen LogP contribution in [0.15, 0.2) is 77.9 Å². The monoisotopic (exact) mass is 773 g/mol. The number of fused-ring (bicyclic) bond motifs is 3. The van der Waals surface area contributed by atoms with Crippen molar-refractivity contribution in [3.05, 3.63) is 106 Å². The molecule has 4 aromatic rings. The minimum Gasteiger partial charge on any atom is -0.870 e. The molecule has 282 valence electrons. The average molecular weight is 775 g/mol. The van der Waals surface area contributed by atoms with Crippen LogP contribution < -0.4 is 19.8 Å². The molecule has 5 heterocycles. The van der Waals surface area contributed by atoms with Crippen LogP contribution in [0.2, 0.25) is 10.0 Å². The van der Waals surface area contributed by atoms with Crippen molar-refractivity contribution in [2.45, 2.75) is 57.0 Å². The number of nitrogens with zero attached hydrogens (tertiary/aromatic N) is 1. The van der Waals surface area contributed by atoms with E-state index in [1.807, 2.05) is 0 Å². The minimum absolute atomic E-state index is 0. The van der Waals surface area contributed by atoms with Gasteiger partial charge in [-0.15, -0.1) is 0 Å². The summed E-state index contributed by atoms with van der Waals surface area (Å²) < 4.78 is 54.6. The van der Waals surface area contributed by atoms with E-state index in [-0.39, 0.29) is 35.1 Å². The number of rotatable bonds is 15. The molecular formula is C38H39Cl2F2N3O8. The number of carbonyl (C=O) groups excluding carboxylic acids is 2. The molecule has 4 aliphatic rings. The largest absolute Gasteiger partial charge is 0.870 e. The van der Waals surface area contributed by atoms with Crippen molar-refractivity contribution < 1.29 is 52.2 Å². The maximum absolute atomic E-state index is 13.9. The molecule has 0 radical (unpaired) electrons. The topological polar surface area (TPSA) is 144 Å². The summed E-state index contributed by atoms with van der Waals surface area (Å²) in [6, 6.07) is 11.8. The van der Waals surface area contributed by atoms with Crippen LogP contribution in [0, 0.1) is 11.8 Å². The first-order valence-corrected chi connectivity index (χ1v) is 18.0. The fourth-order valence-electron chi connectivity index (χ4n) is 6.69. The predicted molar refractivity (Wildman–Crippen MR) is 189 cm³/mol. The van der Waals surface area contributed by atoms with Crippen molar-refractivity contribution in [2.75, 3.05) is 31.6 Å². The third-order valence-electron chi connectivity index (χ3n) is 9.75. The van der Waals surface area contributed by atoms with Crippen molar-refractivity contribution in [3.63, 3.8) is 0 Å². The molecule has 2 aromatic carbocycles. The van der Waals surface area contributed by atoms with Gasteiger partial charge in [-0.25, -0.2) is 14.6 Å². The Labute approximate surface area is 314 Å². The van der Waals surface area contributed by atoms with E-state index in [0.717, 1.165) is 38.8 Å². The van der Waals surface area contributed by atoms with Crippen LogP contribution in [0.25, 0.3) is 0 Å². The molecule has 3 aliphatic heterocycles. The number of halogens is 4. The Morgan fingerprint density at radius 3 is 2.42 bits per heavy atom. The van der Waals surface area contributed by atoms with Gasteiger partial charge >= 0.3 is 18.6 Å². The molecule has 3 atom stereocenters. The number of hydrogen-bond donors (Lipinski definition) is 1. The summed E-state index contributed by atoms with van der Waals surface area (Å²) in [5.74, 6) is -0.491. The molecule has 8 rings (SSSR count). The van der Waals surface area contributed by atoms with Gasteiger partial charge in [-0.1, -0.05) is 35.3 Å². The Bertz CT molecular complexity index is 1850. The highest BCUT2D eigenvalue weighted by molar-refractivity contribution is 6.35. The standard InChI is InChI=1S/C38H37Cl2F2N3O7.H2O/c39-29-17-43-18-30(40)28(29)16-32(24-6-7-31(52-38(41)42)33(15-24)49-20-22-4-5-22)50-36(46)25-2-1-3-27(14-25)44-35(26-10-13-48-21-26)37(47)51-34-19-45-11-8-23(34)9-12-45;/h1-3,6-7,10,13-15,17-18,21-23,32,34-35,38,44H,4-5,8-9,11-12,16,19-20H2;1H2/t32-,34-,35?;/m0./s1. The number of hydrogen-bond acceptors (Lipinski definition) is 10. The van der Waals surface area contributed by atoms with Crippen LogP contribution in [0.1, 0.15) is 64.9 Å². The first-order chi connectivity index (χ1) is 25.2. The van der Waals surface area contributed by atoms with Gasteiger partial charge in [-0.3, -0.25) is 4.90 Å². The zero-order valence-corrected chi connectivity index (χ0v) is 30.0. The first-order valence-electron chi connectivity index (χ1n) is 17.3. The van der Waals surface area contributed by atoms with E-state index in [1.165, 1.54) is 30.7 Å². The molecular weight excluding hydrogens is 735 g/mol. The molecule has 0 spiro atoms. The lowest BCUT2D eigenvalue weighted by Gasteiger charge is -2.44. The van der Waals surface area contributed by atoms with E-state index in [1.54, 1.807) is 42.7 Å². The number of furan rings is 1. The number of H-pyrrole nitrogens is 1. The molecule has 0 amide bonds. The summed E-state index contributed by atoms with van der Waals surface area (Å²) in [6.45, 7) is 0.0298. The Hall–Kier alpha value is -4.43. The minimum atomic E-state index is -3.06. The molecule has 2 bridgehead atoms. The SMILES string of the molecule is O=C(O[C@@H](Cc1c(Cl)c[nH+]cc1Cl)c1ccc(OC(F)F)c(OCC2CC2)c1)c1cccc(NC(C(=O)O[C@H]2CN3CCC2CC3)c2ccoc2)c1.[OH-]. The Kier molecular flexibility index (Phi) is 12.4. The van der Waals surface area contributed by atoms with E-state index in [9.17, 15) is 18.4 Å². The Morgan fingerprint density at radius 2 is 1.75 bits per heavy atom. The maximum atomic E-state index is 13.9.